The molecule has 0 spiro atoms. The summed E-state index contributed by atoms with van der Waals surface area (Å²) in [7, 11) is 1.76. The van der Waals surface area contributed by atoms with Gasteiger partial charge in [-0.05, 0) is 25.0 Å². The molecule has 116 valence electrons. The fourth-order valence-corrected chi connectivity index (χ4v) is 1.75. The van der Waals surface area contributed by atoms with Crippen LogP contribution in [0.5, 0.6) is 5.75 Å². The Morgan fingerprint density at radius 2 is 1.95 bits per heavy atom. The monoisotopic (exact) mass is 293 g/mol. The lowest BCUT2D eigenvalue weighted by molar-refractivity contribution is -0.130. The number of hydrogen-bond acceptors (Lipinski definition) is 3. The van der Waals surface area contributed by atoms with Gasteiger partial charge in [0, 0.05) is 20.0 Å². The van der Waals surface area contributed by atoms with E-state index in [9.17, 15) is 9.59 Å². The third-order valence-corrected chi connectivity index (χ3v) is 2.98. The van der Waals surface area contributed by atoms with Crippen LogP contribution in [0, 0.1) is 0 Å². The van der Waals surface area contributed by atoms with E-state index in [2.05, 4.69) is 5.32 Å². The van der Waals surface area contributed by atoms with Gasteiger partial charge >= 0.3 is 6.03 Å². The lowest BCUT2D eigenvalue weighted by Gasteiger charge is -2.17. The van der Waals surface area contributed by atoms with Crippen molar-refractivity contribution in [3.8, 4) is 5.75 Å². The molecule has 6 heteroatoms. The second-order valence-corrected chi connectivity index (χ2v) is 4.72. The van der Waals surface area contributed by atoms with Crippen molar-refractivity contribution in [3.05, 3.63) is 30.3 Å². The number of para-hydroxylation sites is 1. The number of carbonyl (C=O) groups is 2. The van der Waals surface area contributed by atoms with E-state index >= 15 is 0 Å². The summed E-state index contributed by atoms with van der Waals surface area (Å²) in [5.74, 6) is 0.876. The van der Waals surface area contributed by atoms with Crippen molar-refractivity contribution in [3.63, 3.8) is 0 Å². The minimum absolute atomic E-state index is 0.0748. The summed E-state index contributed by atoms with van der Waals surface area (Å²) in [6.07, 6.45) is 1.92. The Kier molecular flexibility index (Phi) is 7.71. The van der Waals surface area contributed by atoms with E-state index in [0.29, 0.717) is 26.1 Å². The topological polar surface area (TPSA) is 84.7 Å². The molecule has 0 radical (unpaired) electrons. The van der Waals surface area contributed by atoms with E-state index in [0.717, 1.165) is 18.6 Å². The molecule has 0 bridgehead atoms. The number of unbranched alkanes of at least 4 members (excludes halogenated alkanes) is 1. The van der Waals surface area contributed by atoms with Crippen LogP contribution in [0.4, 0.5) is 4.79 Å². The van der Waals surface area contributed by atoms with Crippen LogP contribution in [-0.2, 0) is 4.79 Å². The smallest absolute Gasteiger partial charge is 0.312 e. The highest BCUT2D eigenvalue weighted by Crippen LogP contribution is 2.08. The predicted octanol–water partition coefficient (Wildman–Crippen LogP) is 1.36. The molecule has 0 aliphatic heterocycles. The first-order chi connectivity index (χ1) is 10.1. The molecular weight excluding hydrogens is 270 g/mol. The summed E-state index contributed by atoms with van der Waals surface area (Å²) >= 11 is 0. The first-order valence-corrected chi connectivity index (χ1v) is 7.04. The lowest BCUT2D eigenvalue weighted by Crippen LogP contribution is -2.31. The molecule has 0 saturated heterocycles. The number of rotatable bonds is 9. The number of nitrogens with two attached hydrogens (primary N) is 1. The zero-order chi connectivity index (χ0) is 15.5. The summed E-state index contributed by atoms with van der Waals surface area (Å²) in [6.45, 7) is 1.52. The maximum Gasteiger partial charge on any atom is 0.312 e. The first kappa shape index (κ1) is 16.8. The predicted molar refractivity (Wildman–Crippen MR) is 81.0 cm³/mol. The average molecular weight is 293 g/mol. The Morgan fingerprint density at radius 1 is 1.24 bits per heavy atom. The molecule has 1 aromatic rings. The Hall–Kier alpha value is -2.24. The highest BCUT2D eigenvalue weighted by Gasteiger charge is 2.08. The van der Waals surface area contributed by atoms with Crippen molar-refractivity contribution < 1.29 is 14.3 Å². The van der Waals surface area contributed by atoms with E-state index in [1.807, 2.05) is 30.3 Å². The normalized spacial score (nSPS) is 9.95. The highest BCUT2D eigenvalue weighted by atomic mass is 16.5. The molecule has 0 aliphatic carbocycles. The maximum absolute atomic E-state index is 11.8. The Balaban J connectivity index is 2.09. The van der Waals surface area contributed by atoms with Crippen LogP contribution >= 0.6 is 0 Å². The minimum atomic E-state index is -0.531. The van der Waals surface area contributed by atoms with Crippen molar-refractivity contribution in [2.45, 2.75) is 19.3 Å². The van der Waals surface area contributed by atoms with Gasteiger partial charge in [0.05, 0.1) is 6.54 Å². The molecule has 6 nitrogen and oxygen atoms in total. The number of ether oxygens (including phenoxy) is 1. The van der Waals surface area contributed by atoms with E-state index in [-0.39, 0.29) is 5.91 Å². The quantitative estimate of drug-likeness (QED) is 0.674. The van der Waals surface area contributed by atoms with Crippen molar-refractivity contribution >= 4 is 11.9 Å². The van der Waals surface area contributed by atoms with Gasteiger partial charge in [-0.3, -0.25) is 4.79 Å². The third kappa shape index (κ3) is 7.81. The molecule has 0 atom stereocenters. The summed E-state index contributed by atoms with van der Waals surface area (Å²) in [6, 6.07) is 8.97. The second kappa shape index (κ2) is 9.63. The maximum atomic E-state index is 11.8. The van der Waals surface area contributed by atoms with Gasteiger partial charge < -0.3 is 20.7 Å². The van der Waals surface area contributed by atoms with Crippen LogP contribution in [0.2, 0.25) is 0 Å². The number of hydrogen-bond donors (Lipinski definition) is 2. The van der Waals surface area contributed by atoms with Crippen LogP contribution in [0.15, 0.2) is 30.3 Å². The Labute approximate surface area is 125 Å². The fraction of sp³-hybridized carbons (Fsp3) is 0.467. The molecule has 1 rings (SSSR count). The number of urea groups is 1. The Morgan fingerprint density at radius 3 is 2.62 bits per heavy atom. The average Bonchev–Trinajstić information content (AvgIpc) is 2.47. The van der Waals surface area contributed by atoms with Crippen LogP contribution in [0.3, 0.4) is 0 Å². The third-order valence-electron chi connectivity index (χ3n) is 2.98. The Bertz CT molecular complexity index is 437. The summed E-state index contributed by atoms with van der Waals surface area (Å²) in [5, 5.41) is 2.49. The molecular formula is C15H23N3O3. The molecule has 3 amide bonds. The van der Waals surface area contributed by atoms with Crippen molar-refractivity contribution in [1.82, 2.24) is 10.2 Å². The van der Waals surface area contributed by atoms with E-state index in [4.69, 9.17) is 10.5 Å². The van der Waals surface area contributed by atoms with Gasteiger partial charge in [-0.2, -0.15) is 0 Å². The minimum Gasteiger partial charge on any atom is -0.492 e. The first-order valence-electron chi connectivity index (χ1n) is 7.04. The lowest BCUT2D eigenvalue weighted by atomic mass is 10.2. The molecule has 0 saturated carbocycles. The second-order valence-electron chi connectivity index (χ2n) is 4.72. The molecule has 0 aliphatic rings. The van der Waals surface area contributed by atoms with E-state index in [1.54, 1.807) is 11.9 Å². The van der Waals surface area contributed by atoms with E-state index < -0.39 is 6.03 Å². The molecule has 0 unspecified atom stereocenters. The fourth-order valence-electron chi connectivity index (χ4n) is 1.75. The zero-order valence-electron chi connectivity index (χ0n) is 12.4. The number of nitrogens with one attached hydrogen (secondary N) is 1. The summed E-state index contributed by atoms with van der Waals surface area (Å²) < 4.78 is 5.54. The molecule has 21 heavy (non-hydrogen) atoms. The van der Waals surface area contributed by atoms with Crippen LogP contribution in [0.1, 0.15) is 19.3 Å². The van der Waals surface area contributed by atoms with Gasteiger partial charge in [0.1, 0.15) is 12.4 Å². The van der Waals surface area contributed by atoms with Gasteiger partial charge in [-0.1, -0.05) is 18.2 Å². The summed E-state index contributed by atoms with van der Waals surface area (Å²) in [4.78, 5) is 24.0. The standard InChI is InChI=1S/C15H23N3O3/c1-18(11-12-21-13-7-3-2-4-8-13)14(19)9-5-6-10-17-15(16)20/h2-4,7-8H,5-6,9-12H2,1H3,(H3,16,17,20). The number of likely N-dealkylation sites (N-methyl/N-ethyl adjacent to an activating group) is 1. The number of carbonyl (C=O) groups excluding carboxylic acids is 2. The highest BCUT2D eigenvalue weighted by molar-refractivity contribution is 5.75. The zero-order valence-corrected chi connectivity index (χ0v) is 12.4. The molecule has 0 fully saturated rings. The molecule has 1 aromatic carbocycles. The van der Waals surface area contributed by atoms with Gasteiger partial charge in [-0.15, -0.1) is 0 Å². The molecule has 0 heterocycles. The van der Waals surface area contributed by atoms with Crippen LogP contribution < -0.4 is 15.8 Å². The molecule has 3 N–H and O–H groups in total. The molecule has 0 aromatic heterocycles. The van der Waals surface area contributed by atoms with Crippen molar-refractivity contribution in [2.24, 2.45) is 5.73 Å². The van der Waals surface area contributed by atoms with Crippen molar-refractivity contribution in [2.75, 3.05) is 26.7 Å². The number of amides is 3. The van der Waals surface area contributed by atoms with Crippen molar-refractivity contribution in [1.29, 1.82) is 0 Å². The van der Waals surface area contributed by atoms with Gasteiger partial charge in [0.15, 0.2) is 0 Å². The van der Waals surface area contributed by atoms with Gasteiger partial charge in [0.2, 0.25) is 5.91 Å². The van der Waals surface area contributed by atoms with E-state index in [1.165, 1.54) is 0 Å². The number of benzene rings is 1. The number of primary amides is 1. The summed E-state index contributed by atoms with van der Waals surface area (Å²) in [5.41, 5.74) is 4.95. The van der Waals surface area contributed by atoms with Crippen LogP contribution in [-0.4, -0.2) is 43.6 Å². The largest absolute Gasteiger partial charge is 0.492 e. The number of nitrogens with zero attached hydrogens (tertiary/aromatic N) is 1. The van der Waals surface area contributed by atoms with Gasteiger partial charge in [0.25, 0.3) is 0 Å². The van der Waals surface area contributed by atoms with Crippen LogP contribution in [0.25, 0.3) is 0 Å². The SMILES string of the molecule is CN(CCOc1ccccc1)C(=O)CCCCNC(N)=O. The van der Waals surface area contributed by atoms with Gasteiger partial charge in [-0.25, -0.2) is 4.79 Å².